The molecule has 2 rings (SSSR count). The molecule has 102 valence electrons. The van der Waals surface area contributed by atoms with Gasteiger partial charge in [-0.1, -0.05) is 37.9 Å². The third-order valence-electron chi connectivity index (χ3n) is 3.14. The molecule has 0 saturated carbocycles. The number of halogens is 2. The van der Waals surface area contributed by atoms with E-state index in [4.69, 9.17) is 0 Å². The maximum absolute atomic E-state index is 4.35. The Labute approximate surface area is 130 Å². The van der Waals surface area contributed by atoms with E-state index in [2.05, 4.69) is 73.6 Å². The van der Waals surface area contributed by atoms with E-state index in [1.54, 1.807) is 0 Å². The number of aryl methyl sites for hydroxylation is 2. The summed E-state index contributed by atoms with van der Waals surface area (Å²) in [4.78, 5) is 0. The fourth-order valence-electron chi connectivity index (χ4n) is 2.05. The number of benzene rings is 1. The van der Waals surface area contributed by atoms with Crippen LogP contribution in [0.15, 0.2) is 33.3 Å². The molecule has 1 aromatic carbocycles. The predicted molar refractivity (Wildman–Crippen MR) is 85.0 cm³/mol. The highest BCUT2D eigenvalue weighted by Gasteiger charge is 2.10. The van der Waals surface area contributed by atoms with Crippen LogP contribution in [0.5, 0.6) is 0 Å². The summed E-state index contributed by atoms with van der Waals surface area (Å²) in [7, 11) is 1.95. The molecule has 0 amide bonds. The third-order valence-corrected chi connectivity index (χ3v) is 4.32. The molecule has 0 aliphatic carbocycles. The van der Waals surface area contributed by atoms with Crippen LogP contribution in [0.4, 0.5) is 0 Å². The van der Waals surface area contributed by atoms with Crippen molar-refractivity contribution in [1.82, 2.24) is 15.1 Å². The molecular formula is C14H17Br2N3. The Morgan fingerprint density at radius 1 is 1.37 bits per heavy atom. The molecule has 0 fully saturated rings. The van der Waals surface area contributed by atoms with Gasteiger partial charge in [0.05, 0.1) is 5.69 Å². The molecule has 1 unspecified atom stereocenters. The van der Waals surface area contributed by atoms with Crippen molar-refractivity contribution in [3.8, 4) is 0 Å². The minimum atomic E-state index is 0.280. The van der Waals surface area contributed by atoms with Crippen LogP contribution in [-0.4, -0.2) is 9.78 Å². The topological polar surface area (TPSA) is 29.9 Å². The first-order chi connectivity index (χ1) is 8.97. The monoisotopic (exact) mass is 385 g/mol. The van der Waals surface area contributed by atoms with Crippen molar-refractivity contribution in [2.45, 2.75) is 26.4 Å². The smallest absolute Gasteiger partial charge is 0.0638 e. The lowest BCUT2D eigenvalue weighted by Crippen LogP contribution is -2.18. The first-order valence-corrected chi connectivity index (χ1v) is 7.73. The number of hydrogen-bond acceptors (Lipinski definition) is 2. The predicted octanol–water partition coefficient (Wildman–Crippen LogP) is 4.10. The van der Waals surface area contributed by atoms with Gasteiger partial charge in [0.25, 0.3) is 0 Å². The van der Waals surface area contributed by atoms with Gasteiger partial charge in [0.2, 0.25) is 0 Å². The summed E-state index contributed by atoms with van der Waals surface area (Å²) in [5.41, 5.74) is 3.57. The molecule has 0 spiro atoms. The lowest BCUT2D eigenvalue weighted by molar-refractivity contribution is 0.571. The number of aromatic nitrogens is 2. The van der Waals surface area contributed by atoms with E-state index in [-0.39, 0.29) is 6.04 Å². The molecular weight excluding hydrogens is 370 g/mol. The zero-order chi connectivity index (χ0) is 14.0. The van der Waals surface area contributed by atoms with Crippen molar-refractivity contribution >= 4 is 31.9 Å². The minimum Gasteiger partial charge on any atom is -0.306 e. The van der Waals surface area contributed by atoms with E-state index in [1.165, 1.54) is 11.1 Å². The van der Waals surface area contributed by atoms with Crippen LogP contribution in [0, 0.1) is 6.92 Å². The van der Waals surface area contributed by atoms with E-state index in [0.717, 1.165) is 21.2 Å². The molecule has 1 atom stereocenters. The first kappa shape index (κ1) is 14.8. The highest BCUT2D eigenvalue weighted by atomic mass is 79.9. The molecule has 1 heterocycles. The fourth-order valence-corrected chi connectivity index (χ4v) is 3.44. The SMILES string of the molecule is Cc1nn(C)cc1CNC(C)c1ccc(Br)cc1Br. The van der Waals surface area contributed by atoms with Gasteiger partial charge in [0.1, 0.15) is 0 Å². The van der Waals surface area contributed by atoms with Crippen molar-refractivity contribution in [3.63, 3.8) is 0 Å². The second kappa shape index (κ2) is 6.20. The molecule has 0 bridgehead atoms. The van der Waals surface area contributed by atoms with Gasteiger partial charge in [-0.15, -0.1) is 0 Å². The fraction of sp³-hybridized carbons (Fsp3) is 0.357. The van der Waals surface area contributed by atoms with Gasteiger partial charge in [0, 0.05) is 40.3 Å². The lowest BCUT2D eigenvalue weighted by Gasteiger charge is -2.16. The van der Waals surface area contributed by atoms with Gasteiger partial charge < -0.3 is 5.32 Å². The van der Waals surface area contributed by atoms with Gasteiger partial charge in [0.15, 0.2) is 0 Å². The first-order valence-electron chi connectivity index (χ1n) is 6.15. The Bertz CT molecular complexity index is 578. The van der Waals surface area contributed by atoms with Crippen LogP contribution in [0.2, 0.25) is 0 Å². The van der Waals surface area contributed by atoms with Crippen molar-refractivity contribution in [1.29, 1.82) is 0 Å². The van der Waals surface area contributed by atoms with Crippen molar-refractivity contribution in [2.24, 2.45) is 7.05 Å². The number of rotatable bonds is 4. The standard InChI is InChI=1S/C14H17Br2N3/c1-9-11(8-19(3)18-9)7-17-10(2)13-5-4-12(15)6-14(13)16/h4-6,8,10,17H,7H2,1-3H3. The summed E-state index contributed by atoms with van der Waals surface area (Å²) in [6.45, 7) is 5.03. The zero-order valence-corrected chi connectivity index (χ0v) is 14.4. The van der Waals surface area contributed by atoms with Crippen LogP contribution < -0.4 is 5.32 Å². The zero-order valence-electron chi connectivity index (χ0n) is 11.2. The molecule has 0 aliphatic heterocycles. The molecule has 5 heteroatoms. The molecule has 2 aromatic rings. The number of nitrogens with one attached hydrogen (secondary N) is 1. The largest absolute Gasteiger partial charge is 0.306 e. The van der Waals surface area contributed by atoms with E-state index in [1.807, 2.05) is 18.7 Å². The summed E-state index contributed by atoms with van der Waals surface area (Å²) >= 11 is 7.08. The highest BCUT2D eigenvalue weighted by Crippen LogP contribution is 2.27. The lowest BCUT2D eigenvalue weighted by atomic mass is 10.1. The number of hydrogen-bond donors (Lipinski definition) is 1. The van der Waals surface area contributed by atoms with Crippen LogP contribution in [-0.2, 0) is 13.6 Å². The van der Waals surface area contributed by atoms with Gasteiger partial charge in [-0.25, -0.2) is 0 Å². The maximum Gasteiger partial charge on any atom is 0.0638 e. The molecule has 0 saturated heterocycles. The maximum atomic E-state index is 4.35. The van der Waals surface area contributed by atoms with Gasteiger partial charge in [-0.05, 0) is 31.5 Å². The second-order valence-corrected chi connectivity index (χ2v) is 6.45. The number of nitrogens with zero attached hydrogens (tertiary/aromatic N) is 2. The summed E-state index contributed by atoms with van der Waals surface area (Å²) in [5.74, 6) is 0. The molecule has 19 heavy (non-hydrogen) atoms. The molecule has 1 aromatic heterocycles. The average molecular weight is 387 g/mol. The van der Waals surface area contributed by atoms with Crippen molar-refractivity contribution in [3.05, 3.63) is 50.2 Å². The van der Waals surface area contributed by atoms with E-state index in [0.29, 0.717) is 0 Å². The van der Waals surface area contributed by atoms with Crippen LogP contribution >= 0.6 is 31.9 Å². The minimum absolute atomic E-state index is 0.280. The molecule has 0 radical (unpaired) electrons. The normalized spacial score (nSPS) is 12.7. The highest BCUT2D eigenvalue weighted by molar-refractivity contribution is 9.11. The summed E-state index contributed by atoms with van der Waals surface area (Å²) in [5, 5.41) is 7.88. The summed E-state index contributed by atoms with van der Waals surface area (Å²) < 4.78 is 4.05. The summed E-state index contributed by atoms with van der Waals surface area (Å²) in [6.07, 6.45) is 2.06. The Kier molecular flexibility index (Phi) is 4.81. The van der Waals surface area contributed by atoms with Crippen LogP contribution in [0.3, 0.4) is 0 Å². The van der Waals surface area contributed by atoms with E-state index < -0.39 is 0 Å². The Hall–Kier alpha value is -0.650. The summed E-state index contributed by atoms with van der Waals surface area (Å²) in [6, 6.07) is 6.54. The molecule has 1 N–H and O–H groups in total. The molecule has 0 aliphatic rings. The quantitative estimate of drug-likeness (QED) is 0.856. The van der Waals surface area contributed by atoms with Crippen molar-refractivity contribution < 1.29 is 0 Å². The van der Waals surface area contributed by atoms with Crippen LogP contribution in [0.1, 0.15) is 29.8 Å². The Balaban J connectivity index is 2.05. The average Bonchev–Trinajstić information content (AvgIpc) is 2.65. The molecule has 3 nitrogen and oxygen atoms in total. The van der Waals surface area contributed by atoms with E-state index >= 15 is 0 Å². The second-order valence-electron chi connectivity index (χ2n) is 4.68. The van der Waals surface area contributed by atoms with E-state index in [9.17, 15) is 0 Å². The Morgan fingerprint density at radius 2 is 2.11 bits per heavy atom. The third kappa shape index (κ3) is 3.68. The van der Waals surface area contributed by atoms with Crippen LogP contribution in [0.25, 0.3) is 0 Å². The van der Waals surface area contributed by atoms with Gasteiger partial charge in [-0.2, -0.15) is 5.10 Å². The van der Waals surface area contributed by atoms with Crippen molar-refractivity contribution in [2.75, 3.05) is 0 Å². The van der Waals surface area contributed by atoms with Gasteiger partial charge in [-0.3, -0.25) is 4.68 Å². The van der Waals surface area contributed by atoms with Gasteiger partial charge >= 0.3 is 0 Å². The Morgan fingerprint density at radius 3 is 2.68 bits per heavy atom.